The summed E-state index contributed by atoms with van der Waals surface area (Å²) in [6.45, 7) is 4.88. The van der Waals surface area contributed by atoms with Crippen LogP contribution in [0.3, 0.4) is 0 Å². The molecule has 3 N–H and O–H groups in total. The number of fused-ring (bicyclic) bond motifs is 2. The van der Waals surface area contributed by atoms with E-state index in [9.17, 15) is 5.26 Å². The summed E-state index contributed by atoms with van der Waals surface area (Å²) in [4.78, 5) is 0. The van der Waals surface area contributed by atoms with Crippen LogP contribution < -0.4 is 10.5 Å². The predicted molar refractivity (Wildman–Crippen MR) is 90.2 cm³/mol. The summed E-state index contributed by atoms with van der Waals surface area (Å²) in [5.41, 5.74) is 10.4. The van der Waals surface area contributed by atoms with Crippen molar-refractivity contribution in [3.05, 3.63) is 58.7 Å². The molecule has 3 aromatic rings. The highest BCUT2D eigenvalue weighted by atomic mass is 16.5. The van der Waals surface area contributed by atoms with Crippen LogP contribution in [0.5, 0.6) is 5.88 Å². The highest BCUT2D eigenvalue weighted by Crippen LogP contribution is 2.44. The molecule has 0 fully saturated rings. The second-order valence-electron chi connectivity index (χ2n) is 5.88. The normalized spacial score (nSPS) is 16.8. The second kappa shape index (κ2) is 5.17. The molecule has 24 heavy (non-hydrogen) atoms. The molecule has 0 spiro atoms. The number of ether oxygens (including phenoxy) is 1. The molecule has 0 bridgehead atoms. The van der Waals surface area contributed by atoms with E-state index >= 15 is 0 Å². The molecule has 0 aliphatic carbocycles. The van der Waals surface area contributed by atoms with Crippen molar-refractivity contribution < 1.29 is 4.74 Å². The Hall–Kier alpha value is -3.20. The quantitative estimate of drug-likeness (QED) is 0.759. The Bertz CT molecular complexity index is 1020. The van der Waals surface area contributed by atoms with Crippen molar-refractivity contribution in [3.63, 3.8) is 0 Å². The van der Waals surface area contributed by atoms with Crippen LogP contribution in [0.1, 0.15) is 29.7 Å². The van der Waals surface area contributed by atoms with E-state index in [2.05, 4.69) is 46.1 Å². The molecule has 0 saturated carbocycles. The minimum absolute atomic E-state index is 0.120. The summed E-state index contributed by atoms with van der Waals surface area (Å²) < 4.78 is 7.72. The van der Waals surface area contributed by atoms with E-state index in [4.69, 9.17) is 10.5 Å². The fraction of sp³-hybridized carbons (Fsp3) is 0.222. The maximum Gasteiger partial charge on any atom is 0.244 e. The Labute approximate surface area is 139 Å². The molecule has 4 rings (SSSR count). The van der Waals surface area contributed by atoms with Gasteiger partial charge in [0, 0.05) is 34.9 Å². The predicted octanol–water partition coefficient (Wildman–Crippen LogP) is 2.91. The summed E-state index contributed by atoms with van der Waals surface area (Å²) in [5, 5.41) is 17.9. The molecule has 3 heterocycles. The number of aromatic nitrogens is 3. The van der Waals surface area contributed by atoms with Crippen LogP contribution in [0.4, 0.5) is 0 Å². The molecule has 2 aromatic heterocycles. The number of aromatic amines is 1. The molecule has 0 unspecified atom stereocenters. The summed E-state index contributed by atoms with van der Waals surface area (Å²) in [6, 6.07) is 10.4. The van der Waals surface area contributed by atoms with Gasteiger partial charge >= 0.3 is 0 Å². The van der Waals surface area contributed by atoms with Crippen LogP contribution in [-0.2, 0) is 6.54 Å². The first-order valence-corrected chi connectivity index (χ1v) is 7.85. The molecule has 0 saturated heterocycles. The van der Waals surface area contributed by atoms with Crippen LogP contribution in [0.15, 0.2) is 41.9 Å². The Balaban J connectivity index is 2.05. The van der Waals surface area contributed by atoms with Gasteiger partial charge in [-0.15, -0.1) is 5.10 Å². The molecule has 1 aliphatic heterocycles. The van der Waals surface area contributed by atoms with Gasteiger partial charge in [0.2, 0.25) is 11.8 Å². The lowest BCUT2D eigenvalue weighted by Crippen LogP contribution is -2.20. The number of hydrogen-bond donors (Lipinski definition) is 2. The lowest BCUT2D eigenvalue weighted by atomic mass is 9.84. The third-order valence-corrected chi connectivity index (χ3v) is 4.60. The maximum absolute atomic E-state index is 9.68. The van der Waals surface area contributed by atoms with Gasteiger partial charge in [0.15, 0.2) is 0 Å². The molecule has 1 aliphatic rings. The van der Waals surface area contributed by atoms with Gasteiger partial charge in [-0.05, 0) is 25.5 Å². The van der Waals surface area contributed by atoms with Gasteiger partial charge in [0.25, 0.3) is 0 Å². The first-order valence-electron chi connectivity index (χ1n) is 7.85. The Morgan fingerprint density at radius 1 is 1.42 bits per heavy atom. The largest absolute Gasteiger partial charge is 0.420 e. The fourth-order valence-electron chi connectivity index (χ4n) is 3.48. The average molecular weight is 319 g/mol. The zero-order valence-electron chi connectivity index (χ0n) is 13.5. The minimum Gasteiger partial charge on any atom is -0.420 e. The number of aryl methyl sites for hydroxylation is 2. The third-order valence-electron chi connectivity index (χ3n) is 4.60. The van der Waals surface area contributed by atoms with Crippen LogP contribution >= 0.6 is 0 Å². The molecular formula is C18H17N5O. The first-order chi connectivity index (χ1) is 11.7. The zero-order valence-corrected chi connectivity index (χ0v) is 13.5. The van der Waals surface area contributed by atoms with Crippen molar-refractivity contribution in [2.75, 3.05) is 0 Å². The lowest BCUT2D eigenvalue weighted by Gasteiger charge is -2.23. The van der Waals surface area contributed by atoms with Gasteiger partial charge in [0.1, 0.15) is 11.6 Å². The van der Waals surface area contributed by atoms with E-state index in [1.54, 1.807) is 0 Å². The summed E-state index contributed by atoms with van der Waals surface area (Å²) in [7, 11) is 0. The van der Waals surface area contributed by atoms with Gasteiger partial charge in [0.05, 0.1) is 5.92 Å². The third kappa shape index (κ3) is 1.85. The zero-order chi connectivity index (χ0) is 16.8. The number of nitrogens with two attached hydrogens (primary N) is 1. The Kier molecular flexibility index (Phi) is 3.10. The number of rotatable bonds is 2. The highest BCUT2D eigenvalue weighted by molar-refractivity contribution is 5.86. The summed E-state index contributed by atoms with van der Waals surface area (Å²) >= 11 is 0. The highest BCUT2D eigenvalue weighted by Gasteiger charge is 2.35. The number of para-hydroxylation sites is 1. The van der Waals surface area contributed by atoms with Crippen molar-refractivity contribution in [2.24, 2.45) is 5.73 Å². The van der Waals surface area contributed by atoms with Gasteiger partial charge in [-0.1, -0.05) is 18.2 Å². The van der Waals surface area contributed by atoms with Crippen molar-refractivity contribution in [1.29, 1.82) is 5.26 Å². The molecule has 6 heteroatoms. The number of nitriles is 1. The van der Waals surface area contributed by atoms with Crippen molar-refractivity contribution >= 4 is 10.9 Å². The van der Waals surface area contributed by atoms with Gasteiger partial charge < -0.3 is 15.0 Å². The van der Waals surface area contributed by atoms with E-state index < -0.39 is 0 Å². The minimum atomic E-state index is -0.282. The summed E-state index contributed by atoms with van der Waals surface area (Å²) in [6.07, 6.45) is 2.10. The monoisotopic (exact) mass is 319 g/mol. The first kappa shape index (κ1) is 14.4. The summed E-state index contributed by atoms with van der Waals surface area (Å²) in [5.74, 6) is 0.285. The molecule has 6 nitrogen and oxygen atoms in total. The van der Waals surface area contributed by atoms with Gasteiger partial charge in [-0.2, -0.15) is 5.26 Å². The topological polar surface area (TPSA) is 92.7 Å². The Morgan fingerprint density at radius 3 is 2.96 bits per heavy atom. The number of nitrogens with one attached hydrogen (secondary N) is 1. The smallest absolute Gasteiger partial charge is 0.244 e. The van der Waals surface area contributed by atoms with Crippen molar-refractivity contribution in [3.8, 4) is 11.9 Å². The molecule has 0 amide bonds. The molecular weight excluding hydrogens is 302 g/mol. The molecule has 1 atom stereocenters. The maximum atomic E-state index is 9.68. The SMILES string of the molecule is CCn1cc([C@H]2C(C#N)=C(N)Oc3n[nH]c(C)c32)c2ccccc21. The van der Waals surface area contributed by atoms with Crippen LogP contribution in [0.2, 0.25) is 0 Å². The van der Waals surface area contributed by atoms with E-state index in [-0.39, 0.29) is 11.8 Å². The molecule has 120 valence electrons. The van der Waals surface area contributed by atoms with Crippen molar-refractivity contribution in [1.82, 2.24) is 14.8 Å². The fourth-order valence-corrected chi connectivity index (χ4v) is 3.48. The Morgan fingerprint density at radius 2 is 2.21 bits per heavy atom. The standard InChI is InChI=1S/C18H17N5O/c1-3-23-9-13(11-6-4-5-7-14(11)23)16-12(8-19)17(20)24-18-15(16)10(2)21-22-18/h4-7,9,16H,3,20H2,1-2H3,(H,21,22)/t16-/m1/s1. The van der Waals surface area contributed by atoms with E-state index in [1.165, 1.54) is 0 Å². The number of H-pyrrole nitrogens is 1. The number of nitrogens with zero attached hydrogens (tertiary/aromatic N) is 3. The molecule has 1 aromatic carbocycles. The van der Waals surface area contributed by atoms with E-state index in [1.807, 2.05) is 19.1 Å². The lowest BCUT2D eigenvalue weighted by molar-refractivity contribution is 0.379. The van der Waals surface area contributed by atoms with Crippen molar-refractivity contribution in [2.45, 2.75) is 26.3 Å². The number of allylic oxidation sites excluding steroid dienone is 1. The number of hydrogen-bond acceptors (Lipinski definition) is 4. The van der Waals surface area contributed by atoms with E-state index in [0.717, 1.165) is 34.3 Å². The number of benzene rings is 1. The van der Waals surface area contributed by atoms with Crippen LogP contribution in [0.25, 0.3) is 10.9 Å². The molecule has 0 radical (unpaired) electrons. The van der Waals surface area contributed by atoms with Gasteiger partial charge in [-0.3, -0.25) is 5.10 Å². The average Bonchev–Trinajstić information content (AvgIpc) is 3.14. The second-order valence-corrected chi connectivity index (χ2v) is 5.88. The van der Waals surface area contributed by atoms with Crippen LogP contribution in [-0.4, -0.2) is 14.8 Å². The van der Waals surface area contributed by atoms with Gasteiger partial charge in [-0.25, -0.2) is 0 Å². The van der Waals surface area contributed by atoms with Crippen LogP contribution in [0, 0.1) is 18.3 Å². The van der Waals surface area contributed by atoms with E-state index in [0.29, 0.717) is 11.5 Å².